The van der Waals surface area contributed by atoms with Gasteiger partial charge in [0.05, 0.1) is 54.9 Å². The van der Waals surface area contributed by atoms with Crippen molar-refractivity contribution in [1.82, 2.24) is 34.6 Å². The summed E-state index contributed by atoms with van der Waals surface area (Å²) in [5.41, 5.74) is 4.31. The first-order valence-corrected chi connectivity index (χ1v) is 19.0. The highest BCUT2D eigenvalue weighted by Crippen LogP contribution is 2.36. The number of likely N-dealkylation sites (tertiary alicyclic amines) is 2. The first-order valence-electron chi connectivity index (χ1n) is 19.0. The fourth-order valence-corrected chi connectivity index (χ4v) is 7.75. The number of hydrogen-bond acceptors (Lipinski definition) is 7. The Kier molecular flexibility index (Phi) is 12.1. The quantitative estimate of drug-likeness (QED) is 0.144. The number of rotatable bonds is 12. The second-order valence-electron chi connectivity index (χ2n) is 14.4. The number of methoxy groups -OCH3 is 1. The minimum atomic E-state index is -0.735. The number of ether oxygens (including phenoxy) is 1. The Morgan fingerprint density at radius 3 is 2.00 bits per heavy atom. The third-order valence-corrected chi connectivity index (χ3v) is 10.9. The van der Waals surface area contributed by atoms with Crippen LogP contribution in [-0.4, -0.2) is 98.1 Å². The molecular weight excluding hydrogens is 688 g/mol. The molecule has 2 aliphatic rings. The summed E-state index contributed by atoms with van der Waals surface area (Å²) in [4.78, 5) is 64.3. The van der Waals surface area contributed by atoms with E-state index in [2.05, 4.69) is 48.4 Å². The summed E-state index contributed by atoms with van der Waals surface area (Å²) < 4.78 is 20.3. The molecule has 4 atom stereocenters. The highest BCUT2D eigenvalue weighted by molar-refractivity contribution is 5.97. The number of imidazole rings is 2. The second-order valence-corrected chi connectivity index (χ2v) is 14.4. The maximum absolute atomic E-state index is 15.7. The monoisotopic (exact) mass is 738 g/mol. The predicted molar refractivity (Wildman–Crippen MR) is 206 cm³/mol. The number of H-pyrrole nitrogens is 2. The van der Waals surface area contributed by atoms with Crippen LogP contribution < -0.4 is 0 Å². The van der Waals surface area contributed by atoms with Crippen molar-refractivity contribution in [2.75, 3.05) is 33.3 Å². The average Bonchev–Trinajstić information content (AvgIpc) is 4.01. The summed E-state index contributed by atoms with van der Waals surface area (Å²) in [7, 11) is 1.25. The van der Waals surface area contributed by atoms with Gasteiger partial charge in [-0.15, -0.1) is 0 Å². The topological polar surface area (TPSA) is 140 Å². The number of nitrogens with one attached hydrogen (secondary N) is 2. The molecule has 13 heteroatoms. The van der Waals surface area contributed by atoms with Gasteiger partial charge in [-0.2, -0.15) is 4.99 Å². The normalized spacial score (nSPS) is 18.6. The number of benzene rings is 2. The number of likely N-dealkylation sites (N-methyl/N-ethyl adjacent to an activating group) is 1. The van der Waals surface area contributed by atoms with E-state index in [1.54, 1.807) is 18.5 Å². The number of carbonyl (C=O) groups is 3. The summed E-state index contributed by atoms with van der Waals surface area (Å²) >= 11 is 0. The van der Waals surface area contributed by atoms with E-state index >= 15 is 4.39 Å². The molecule has 3 amide bonds. The Morgan fingerprint density at radius 2 is 1.43 bits per heavy atom. The molecule has 1 unspecified atom stereocenters. The van der Waals surface area contributed by atoms with E-state index in [9.17, 15) is 14.4 Å². The maximum atomic E-state index is 15.7. The molecule has 0 aliphatic carbocycles. The van der Waals surface area contributed by atoms with Crippen LogP contribution in [0.1, 0.15) is 84.0 Å². The Bertz CT molecular complexity index is 1970. The van der Waals surface area contributed by atoms with Crippen molar-refractivity contribution >= 4 is 24.1 Å². The molecule has 2 aromatic carbocycles. The third-order valence-electron chi connectivity index (χ3n) is 10.9. The first kappa shape index (κ1) is 38.6. The molecule has 54 heavy (non-hydrogen) atoms. The fraction of sp³-hybridized carbons (Fsp3) is 0.463. The number of aromatic nitrogens is 4. The number of hydrogen-bond donors (Lipinski definition) is 2. The SMILES string of the molecule is CCN(CC)[C@H](C)C(=O)N1CCC[C@H]1c1ncc(-c2ccc(-c3ccc(-c4cnc([C@@H]5CCCN5C(=O)C(/C=N/C(=O)OC)C(C)C)[nH]4)cc3)cc2F)[nH]1. The van der Waals surface area contributed by atoms with Crippen LogP contribution in [-0.2, 0) is 14.3 Å². The zero-order chi connectivity index (χ0) is 38.5. The predicted octanol–water partition coefficient (Wildman–Crippen LogP) is 7.44. The standard InChI is InChI=1S/C41H51FN8O4/c1-7-48(8-2)26(5)39(51)49-19-9-11-35(49)38-44-24-34(47-38)30-18-17-29(21-32(30)42)27-13-15-28(16-14-27)33-23-43-37(46-33)36-12-10-20-50(36)40(52)31(25(3)4)22-45-41(53)54-6/h13-18,21-26,31,35-36H,7-12,19-20H2,1-6H3,(H,43,46)(H,44,47)/b45-22+/t26-,31?,35+,36+/m1/s1. The van der Waals surface area contributed by atoms with Crippen molar-refractivity contribution in [2.24, 2.45) is 16.8 Å². The molecule has 0 bridgehead atoms. The van der Waals surface area contributed by atoms with E-state index in [0.717, 1.165) is 61.2 Å². The van der Waals surface area contributed by atoms with E-state index in [1.165, 1.54) is 19.4 Å². The van der Waals surface area contributed by atoms with Crippen LogP contribution in [0.15, 0.2) is 59.9 Å². The van der Waals surface area contributed by atoms with Crippen molar-refractivity contribution in [3.8, 4) is 33.6 Å². The van der Waals surface area contributed by atoms with Gasteiger partial charge in [-0.1, -0.05) is 58.0 Å². The number of nitrogens with zero attached hydrogens (tertiary/aromatic N) is 6. The van der Waals surface area contributed by atoms with Gasteiger partial charge in [-0.25, -0.2) is 19.2 Å². The Hall–Kier alpha value is -5.17. The van der Waals surface area contributed by atoms with Gasteiger partial charge in [0.25, 0.3) is 0 Å². The zero-order valence-corrected chi connectivity index (χ0v) is 32.0. The lowest BCUT2D eigenvalue weighted by Gasteiger charge is -2.31. The minimum absolute atomic E-state index is 0.0568. The molecule has 0 radical (unpaired) electrons. The molecule has 0 saturated carbocycles. The number of aliphatic imine (C=N–C) groups is 1. The lowest BCUT2D eigenvalue weighted by atomic mass is 9.95. The van der Waals surface area contributed by atoms with Gasteiger partial charge in [0.15, 0.2) is 0 Å². The Morgan fingerprint density at radius 1 is 0.870 bits per heavy atom. The molecule has 4 heterocycles. The van der Waals surface area contributed by atoms with Crippen LogP contribution in [0.2, 0.25) is 0 Å². The smallest absolute Gasteiger partial charge is 0.432 e. The van der Waals surface area contributed by atoms with Gasteiger partial charge in [-0.3, -0.25) is 14.5 Å². The average molecular weight is 739 g/mol. The molecule has 0 spiro atoms. The van der Waals surface area contributed by atoms with Gasteiger partial charge in [0, 0.05) is 24.9 Å². The summed E-state index contributed by atoms with van der Waals surface area (Å²) in [5.74, 6) is 0.400. The molecule has 2 N–H and O–H groups in total. The lowest BCUT2D eigenvalue weighted by molar-refractivity contribution is -0.137. The van der Waals surface area contributed by atoms with Crippen molar-refractivity contribution in [1.29, 1.82) is 0 Å². The Balaban J connectivity index is 1.13. The molecular formula is C41H51FN8O4. The highest BCUT2D eigenvalue weighted by Gasteiger charge is 2.37. The number of carbonyl (C=O) groups excluding carboxylic acids is 3. The molecule has 2 fully saturated rings. The Labute approximate surface area is 316 Å². The molecule has 2 aliphatic heterocycles. The van der Waals surface area contributed by atoms with Gasteiger partial charge < -0.3 is 24.5 Å². The van der Waals surface area contributed by atoms with Crippen LogP contribution in [0.25, 0.3) is 33.6 Å². The van der Waals surface area contributed by atoms with Gasteiger partial charge >= 0.3 is 6.09 Å². The van der Waals surface area contributed by atoms with Gasteiger partial charge in [-0.05, 0) is 80.4 Å². The van der Waals surface area contributed by atoms with Crippen molar-refractivity contribution in [3.05, 3.63) is 72.3 Å². The second kappa shape index (κ2) is 16.9. The molecule has 2 saturated heterocycles. The maximum Gasteiger partial charge on any atom is 0.432 e. The minimum Gasteiger partial charge on any atom is -0.451 e. The van der Waals surface area contributed by atoms with E-state index in [0.29, 0.717) is 36.0 Å². The molecule has 4 aromatic rings. The van der Waals surface area contributed by atoms with Gasteiger partial charge in [0.2, 0.25) is 11.8 Å². The summed E-state index contributed by atoms with van der Waals surface area (Å²) in [5, 5.41) is 0. The van der Waals surface area contributed by atoms with E-state index in [4.69, 9.17) is 0 Å². The molecule has 286 valence electrons. The van der Waals surface area contributed by atoms with E-state index < -0.39 is 12.0 Å². The van der Waals surface area contributed by atoms with Crippen molar-refractivity contribution in [2.45, 2.75) is 78.4 Å². The largest absolute Gasteiger partial charge is 0.451 e. The van der Waals surface area contributed by atoms with Crippen LogP contribution in [0, 0.1) is 17.7 Å². The summed E-state index contributed by atoms with van der Waals surface area (Å²) in [6.07, 6.45) is 7.40. The first-order chi connectivity index (χ1) is 26.0. The van der Waals surface area contributed by atoms with Crippen LogP contribution >= 0.6 is 0 Å². The van der Waals surface area contributed by atoms with Crippen LogP contribution in [0.4, 0.5) is 9.18 Å². The van der Waals surface area contributed by atoms with E-state index in [1.807, 2.05) is 60.9 Å². The van der Waals surface area contributed by atoms with Crippen LogP contribution in [0.5, 0.6) is 0 Å². The highest BCUT2D eigenvalue weighted by atomic mass is 19.1. The summed E-state index contributed by atoms with van der Waals surface area (Å²) in [6.45, 7) is 12.8. The fourth-order valence-electron chi connectivity index (χ4n) is 7.75. The zero-order valence-electron chi connectivity index (χ0n) is 32.0. The van der Waals surface area contributed by atoms with E-state index in [-0.39, 0.29) is 41.7 Å². The number of amides is 3. The third kappa shape index (κ3) is 8.01. The van der Waals surface area contributed by atoms with Gasteiger partial charge in [0.1, 0.15) is 17.5 Å². The lowest BCUT2D eigenvalue weighted by Crippen LogP contribution is -2.46. The van der Waals surface area contributed by atoms with Crippen molar-refractivity contribution in [3.63, 3.8) is 0 Å². The number of halogens is 1. The van der Waals surface area contributed by atoms with Crippen molar-refractivity contribution < 1.29 is 23.5 Å². The molecule has 12 nitrogen and oxygen atoms in total. The number of aromatic amines is 2. The molecule has 2 aromatic heterocycles. The molecule has 6 rings (SSSR count). The summed E-state index contributed by atoms with van der Waals surface area (Å²) in [6, 6.07) is 12.4. The van der Waals surface area contributed by atoms with Crippen LogP contribution in [0.3, 0.4) is 0 Å².